The first-order valence-corrected chi connectivity index (χ1v) is 6.68. The normalized spacial score (nSPS) is 15.2. The van der Waals surface area contributed by atoms with Crippen LogP contribution < -0.4 is 5.32 Å². The van der Waals surface area contributed by atoms with Crippen LogP contribution in [0.15, 0.2) is 42.6 Å². The Morgan fingerprint density at radius 1 is 1.39 bits per heavy atom. The Hall–Kier alpha value is -1.54. The fourth-order valence-electron chi connectivity index (χ4n) is 2.34. The van der Waals surface area contributed by atoms with E-state index in [2.05, 4.69) is 53.8 Å². The van der Waals surface area contributed by atoms with E-state index in [9.17, 15) is 0 Å². The van der Waals surface area contributed by atoms with Crippen LogP contribution in [0.3, 0.4) is 0 Å². The molecule has 0 aliphatic heterocycles. The van der Waals surface area contributed by atoms with Gasteiger partial charge in [-0.1, -0.05) is 18.2 Å². The van der Waals surface area contributed by atoms with E-state index in [4.69, 9.17) is 0 Å². The molecule has 2 aromatic rings. The third kappa shape index (κ3) is 2.49. The van der Waals surface area contributed by atoms with E-state index in [-0.39, 0.29) is 0 Å². The lowest BCUT2D eigenvalue weighted by Gasteiger charge is -2.06. The van der Waals surface area contributed by atoms with Gasteiger partial charge in [-0.2, -0.15) is 0 Å². The summed E-state index contributed by atoms with van der Waals surface area (Å²) in [5, 5.41) is 4.88. The number of rotatable bonds is 5. The molecule has 1 aliphatic rings. The molecule has 1 heterocycles. The van der Waals surface area contributed by atoms with Gasteiger partial charge < -0.3 is 9.88 Å². The fraction of sp³-hybridized carbons (Fsp3) is 0.375. The molecule has 2 heteroatoms. The highest BCUT2D eigenvalue weighted by Gasteiger charge is 2.19. The third-order valence-corrected chi connectivity index (χ3v) is 3.45. The van der Waals surface area contributed by atoms with Gasteiger partial charge in [0.05, 0.1) is 0 Å². The summed E-state index contributed by atoms with van der Waals surface area (Å²) in [6.45, 7) is 7.95. The molecule has 0 spiro atoms. The quantitative estimate of drug-likeness (QED) is 0.792. The van der Waals surface area contributed by atoms with E-state index in [1.807, 2.05) is 0 Å². The van der Waals surface area contributed by atoms with Crippen LogP contribution >= 0.6 is 0 Å². The Balaban J connectivity index is 1.81. The average Bonchev–Trinajstić information content (AvgIpc) is 3.09. The highest BCUT2D eigenvalue weighted by molar-refractivity contribution is 5.81. The Bertz CT molecular complexity index is 576. The van der Waals surface area contributed by atoms with Crippen LogP contribution in [0.4, 0.5) is 0 Å². The topological polar surface area (TPSA) is 17.0 Å². The Morgan fingerprint density at radius 2 is 2.22 bits per heavy atom. The summed E-state index contributed by atoms with van der Waals surface area (Å²) in [4.78, 5) is 0. The summed E-state index contributed by atoms with van der Waals surface area (Å²) in [5.74, 6) is 0. The molecule has 3 rings (SSSR count). The molecule has 1 fully saturated rings. The van der Waals surface area contributed by atoms with E-state index in [1.165, 1.54) is 34.9 Å². The molecule has 0 radical (unpaired) electrons. The van der Waals surface area contributed by atoms with Crippen LogP contribution in [0.2, 0.25) is 0 Å². The van der Waals surface area contributed by atoms with Gasteiger partial charge in [-0.15, -0.1) is 0 Å². The number of nitrogens with zero attached hydrogens (tertiary/aromatic N) is 1. The Labute approximate surface area is 108 Å². The fourth-order valence-corrected chi connectivity index (χ4v) is 2.34. The lowest BCUT2D eigenvalue weighted by molar-refractivity contribution is 0.688. The van der Waals surface area contributed by atoms with Crippen molar-refractivity contribution in [3.63, 3.8) is 0 Å². The summed E-state index contributed by atoms with van der Waals surface area (Å²) in [6.07, 6.45) is 4.84. The van der Waals surface area contributed by atoms with E-state index in [1.54, 1.807) is 0 Å². The average molecular weight is 240 g/mol. The summed E-state index contributed by atoms with van der Waals surface area (Å²) in [7, 11) is 0. The maximum atomic E-state index is 3.98. The molecule has 0 atom stereocenters. The number of aromatic nitrogens is 1. The number of nitrogens with one attached hydrogen (secondary N) is 1. The van der Waals surface area contributed by atoms with E-state index < -0.39 is 0 Å². The first kappa shape index (κ1) is 11.5. The predicted octanol–water partition coefficient (Wildman–Crippen LogP) is 3.47. The van der Waals surface area contributed by atoms with E-state index in [0.717, 1.165) is 19.1 Å². The van der Waals surface area contributed by atoms with Gasteiger partial charge in [0.25, 0.3) is 0 Å². The molecule has 94 valence electrons. The van der Waals surface area contributed by atoms with Crippen LogP contribution in [0.5, 0.6) is 0 Å². The molecule has 1 N–H and O–H groups in total. The van der Waals surface area contributed by atoms with Crippen LogP contribution in [0, 0.1) is 0 Å². The molecule has 1 aromatic carbocycles. The number of benzene rings is 1. The molecule has 0 unspecified atom stereocenters. The van der Waals surface area contributed by atoms with Crippen LogP contribution in [0.25, 0.3) is 10.9 Å². The highest BCUT2D eigenvalue weighted by Crippen LogP contribution is 2.21. The molecule has 0 amide bonds. The number of fused-ring (bicyclic) bond motifs is 1. The second-order valence-electron chi connectivity index (χ2n) is 5.45. The Kier molecular flexibility index (Phi) is 2.96. The summed E-state index contributed by atoms with van der Waals surface area (Å²) < 4.78 is 2.26. The van der Waals surface area contributed by atoms with Crippen LogP contribution in [-0.4, -0.2) is 10.6 Å². The summed E-state index contributed by atoms with van der Waals surface area (Å²) in [6, 6.07) is 9.71. The molecular formula is C16H20N2. The van der Waals surface area contributed by atoms with Crippen molar-refractivity contribution >= 4 is 10.9 Å². The second-order valence-corrected chi connectivity index (χ2v) is 5.45. The highest BCUT2D eigenvalue weighted by atomic mass is 15.0. The molecule has 1 aliphatic carbocycles. The van der Waals surface area contributed by atoms with Crippen molar-refractivity contribution in [2.45, 2.75) is 38.9 Å². The van der Waals surface area contributed by atoms with Crippen molar-refractivity contribution < 1.29 is 0 Å². The monoisotopic (exact) mass is 240 g/mol. The zero-order valence-corrected chi connectivity index (χ0v) is 10.9. The van der Waals surface area contributed by atoms with Crippen LogP contribution in [0.1, 0.15) is 25.3 Å². The Morgan fingerprint density at radius 3 is 2.94 bits per heavy atom. The van der Waals surface area contributed by atoms with Crippen molar-refractivity contribution in [1.29, 1.82) is 0 Å². The van der Waals surface area contributed by atoms with Crippen molar-refractivity contribution in [1.82, 2.24) is 9.88 Å². The van der Waals surface area contributed by atoms with Gasteiger partial charge in [0, 0.05) is 30.8 Å². The van der Waals surface area contributed by atoms with Gasteiger partial charge >= 0.3 is 0 Å². The minimum absolute atomic E-state index is 0.772. The van der Waals surface area contributed by atoms with Gasteiger partial charge in [0.2, 0.25) is 0 Å². The van der Waals surface area contributed by atoms with Crippen molar-refractivity contribution in [3.8, 4) is 0 Å². The smallest absolute Gasteiger partial charge is 0.0483 e. The zero-order chi connectivity index (χ0) is 12.5. The van der Waals surface area contributed by atoms with Gasteiger partial charge in [0.1, 0.15) is 0 Å². The van der Waals surface area contributed by atoms with Gasteiger partial charge in [-0.25, -0.2) is 0 Å². The minimum atomic E-state index is 0.772. The molecule has 0 saturated heterocycles. The molecule has 0 bridgehead atoms. The first-order chi connectivity index (χ1) is 8.72. The maximum Gasteiger partial charge on any atom is 0.0483 e. The SMILES string of the molecule is C=C(C)Cn1ccc2cc(CNC3CC3)ccc21. The van der Waals surface area contributed by atoms with Crippen molar-refractivity contribution in [2.24, 2.45) is 0 Å². The molecule has 1 saturated carbocycles. The van der Waals surface area contributed by atoms with Gasteiger partial charge in [-0.3, -0.25) is 0 Å². The van der Waals surface area contributed by atoms with Gasteiger partial charge in [0.15, 0.2) is 0 Å². The summed E-state index contributed by atoms with van der Waals surface area (Å²) in [5.41, 5.74) is 3.86. The van der Waals surface area contributed by atoms with Crippen LogP contribution in [-0.2, 0) is 13.1 Å². The van der Waals surface area contributed by atoms with Gasteiger partial charge in [-0.05, 0) is 48.9 Å². The molecule has 2 nitrogen and oxygen atoms in total. The number of allylic oxidation sites excluding steroid dienone is 1. The molecule has 1 aromatic heterocycles. The van der Waals surface area contributed by atoms with E-state index in [0.29, 0.717) is 0 Å². The molecule has 18 heavy (non-hydrogen) atoms. The maximum absolute atomic E-state index is 3.98. The van der Waals surface area contributed by atoms with E-state index >= 15 is 0 Å². The zero-order valence-electron chi connectivity index (χ0n) is 10.9. The largest absolute Gasteiger partial charge is 0.343 e. The van der Waals surface area contributed by atoms with Crippen molar-refractivity contribution in [2.75, 3.05) is 0 Å². The van der Waals surface area contributed by atoms with Crippen molar-refractivity contribution in [3.05, 3.63) is 48.2 Å². The number of hydrogen-bond donors (Lipinski definition) is 1. The standard InChI is InChI=1S/C16H20N2/c1-12(2)11-18-8-7-14-9-13(3-6-16(14)18)10-17-15-4-5-15/h3,6-9,15,17H,1,4-5,10-11H2,2H3. The first-order valence-electron chi connectivity index (χ1n) is 6.68. The second kappa shape index (κ2) is 4.62. The lowest BCUT2D eigenvalue weighted by Crippen LogP contribution is -2.15. The lowest BCUT2D eigenvalue weighted by atomic mass is 10.1. The number of hydrogen-bond acceptors (Lipinski definition) is 1. The minimum Gasteiger partial charge on any atom is -0.343 e. The predicted molar refractivity (Wildman–Crippen MR) is 76.6 cm³/mol. The molecular weight excluding hydrogens is 220 g/mol. The summed E-state index contributed by atoms with van der Waals surface area (Å²) >= 11 is 0. The third-order valence-electron chi connectivity index (χ3n) is 3.45.